The second-order valence-electron chi connectivity index (χ2n) is 5.56. The highest BCUT2D eigenvalue weighted by Gasteiger charge is 2.17. The number of hydrogen-bond acceptors (Lipinski definition) is 3. The van der Waals surface area contributed by atoms with Crippen LogP contribution in [0.15, 0.2) is 12.1 Å². The number of pyridine rings is 1. The van der Waals surface area contributed by atoms with Gasteiger partial charge in [-0.1, -0.05) is 32.6 Å². The highest BCUT2D eigenvalue weighted by Crippen LogP contribution is 2.24. The van der Waals surface area contributed by atoms with Crippen molar-refractivity contribution in [3.63, 3.8) is 0 Å². The van der Waals surface area contributed by atoms with Gasteiger partial charge in [-0.2, -0.15) is 4.39 Å². The number of aromatic nitrogens is 2. The average molecular weight is 306 g/mol. The molecule has 0 atom stereocenters. The van der Waals surface area contributed by atoms with Crippen LogP contribution in [0.4, 0.5) is 4.39 Å². The summed E-state index contributed by atoms with van der Waals surface area (Å²) in [7, 11) is 0. The Morgan fingerprint density at radius 1 is 1.23 bits per heavy atom. The predicted octanol–water partition coefficient (Wildman–Crippen LogP) is 4.41. The number of aryl methyl sites for hydroxylation is 2. The molecule has 0 saturated heterocycles. The van der Waals surface area contributed by atoms with Gasteiger partial charge in [0.2, 0.25) is 0 Å². The second kappa shape index (κ2) is 7.38. The summed E-state index contributed by atoms with van der Waals surface area (Å²) in [6, 6.07) is 1.61. The number of halogens is 1. The molecule has 5 heteroatoms. The van der Waals surface area contributed by atoms with Gasteiger partial charge in [-0.05, 0) is 32.4 Å². The van der Waals surface area contributed by atoms with Crippen molar-refractivity contribution in [2.45, 2.75) is 52.9 Å². The highest BCUT2D eigenvalue weighted by atomic mass is 19.1. The average Bonchev–Trinajstić information content (AvgIpc) is 2.78. The van der Waals surface area contributed by atoms with Crippen molar-refractivity contribution in [1.82, 2.24) is 9.38 Å². The standard InChI is InChI=1S/C17H23FN2O2/c1-4-5-6-7-8-11-22-15-10-9-14(16(18)21)17-19-12(2)13(3)20(15)17/h9-10H,4-8,11H2,1-3H3. The minimum atomic E-state index is -1.47. The van der Waals surface area contributed by atoms with Crippen molar-refractivity contribution in [3.05, 3.63) is 29.1 Å². The first-order chi connectivity index (χ1) is 10.6. The number of imidazole rings is 1. The summed E-state index contributed by atoms with van der Waals surface area (Å²) in [5.74, 6) is 0.605. The summed E-state index contributed by atoms with van der Waals surface area (Å²) in [4.78, 5) is 15.4. The van der Waals surface area contributed by atoms with Gasteiger partial charge in [0.15, 0.2) is 11.5 Å². The third-order valence-electron chi connectivity index (χ3n) is 3.91. The van der Waals surface area contributed by atoms with E-state index in [1.165, 1.54) is 25.3 Å². The summed E-state index contributed by atoms with van der Waals surface area (Å²) in [5, 5.41) is 0. The number of rotatable bonds is 8. The molecular weight excluding hydrogens is 283 g/mol. The molecule has 0 N–H and O–H groups in total. The van der Waals surface area contributed by atoms with Gasteiger partial charge in [0, 0.05) is 5.69 Å². The third kappa shape index (κ3) is 3.46. The number of carbonyl (C=O) groups is 1. The maximum absolute atomic E-state index is 13.1. The molecule has 0 bridgehead atoms. The fraction of sp³-hybridized carbons (Fsp3) is 0.529. The van der Waals surface area contributed by atoms with Crippen molar-refractivity contribution < 1.29 is 13.9 Å². The number of hydrogen-bond donors (Lipinski definition) is 0. The Balaban J connectivity index is 2.17. The third-order valence-corrected chi connectivity index (χ3v) is 3.91. The zero-order valence-electron chi connectivity index (χ0n) is 13.5. The zero-order chi connectivity index (χ0) is 16.1. The van der Waals surface area contributed by atoms with Crippen molar-refractivity contribution in [3.8, 4) is 5.88 Å². The smallest absolute Gasteiger partial charge is 0.335 e. The predicted molar refractivity (Wildman–Crippen MR) is 84.4 cm³/mol. The van der Waals surface area contributed by atoms with Gasteiger partial charge in [0.25, 0.3) is 0 Å². The lowest BCUT2D eigenvalue weighted by Gasteiger charge is -2.10. The molecule has 0 radical (unpaired) electrons. The Morgan fingerprint density at radius 3 is 2.64 bits per heavy atom. The number of unbranched alkanes of at least 4 members (excludes halogenated alkanes) is 4. The molecule has 120 valence electrons. The van der Waals surface area contributed by atoms with Crippen molar-refractivity contribution in [2.75, 3.05) is 6.61 Å². The maximum Gasteiger partial charge on any atom is 0.335 e. The summed E-state index contributed by atoms with van der Waals surface area (Å²) in [5.41, 5.74) is 1.93. The molecule has 0 aliphatic heterocycles. The van der Waals surface area contributed by atoms with E-state index in [0.29, 0.717) is 18.1 Å². The first kappa shape index (κ1) is 16.5. The lowest BCUT2D eigenvalue weighted by Crippen LogP contribution is -2.05. The van der Waals surface area contributed by atoms with Crippen LogP contribution in [0, 0.1) is 13.8 Å². The van der Waals surface area contributed by atoms with E-state index in [4.69, 9.17) is 4.74 Å². The summed E-state index contributed by atoms with van der Waals surface area (Å²) in [6.45, 7) is 6.52. The molecule has 2 rings (SSSR count). The Morgan fingerprint density at radius 2 is 1.95 bits per heavy atom. The van der Waals surface area contributed by atoms with Crippen LogP contribution >= 0.6 is 0 Å². The van der Waals surface area contributed by atoms with E-state index in [0.717, 1.165) is 24.2 Å². The van der Waals surface area contributed by atoms with Crippen LogP contribution in [0.2, 0.25) is 0 Å². The normalized spacial score (nSPS) is 11.1. The Bertz CT molecular complexity index is 664. The van der Waals surface area contributed by atoms with Gasteiger partial charge in [-0.15, -0.1) is 0 Å². The Hall–Kier alpha value is -1.91. The van der Waals surface area contributed by atoms with Gasteiger partial charge < -0.3 is 4.74 Å². The number of ether oxygens (including phenoxy) is 1. The van der Waals surface area contributed by atoms with E-state index in [-0.39, 0.29) is 5.56 Å². The van der Waals surface area contributed by atoms with E-state index in [2.05, 4.69) is 11.9 Å². The molecule has 4 nitrogen and oxygen atoms in total. The number of nitrogens with zero attached hydrogens (tertiary/aromatic N) is 2. The van der Waals surface area contributed by atoms with Crippen LogP contribution in [0.25, 0.3) is 5.65 Å². The van der Waals surface area contributed by atoms with E-state index < -0.39 is 6.04 Å². The van der Waals surface area contributed by atoms with Crippen molar-refractivity contribution in [1.29, 1.82) is 0 Å². The quantitative estimate of drug-likeness (QED) is 0.536. The van der Waals surface area contributed by atoms with Crippen molar-refractivity contribution in [2.24, 2.45) is 0 Å². The molecular formula is C17H23FN2O2. The van der Waals surface area contributed by atoms with E-state index in [1.54, 1.807) is 10.5 Å². The van der Waals surface area contributed by atoms with Gasteiger partial charge in [-0.3, -0.25) is 9.20 Å². The molecule has 0 saturated carbocycles. The molecule has 22 heavy (non-hydrogen) atoms. The molecule has 0 aliphatic rings. The fourth-order valence-corrected chi connectivity index (χ4v) is 2.51. The van der Waals surface area contributed by atoms with E-state index in [1.807, 2.05) is 13.8 Å². The van der Waals surface area contributed by atoms with Crippen LogP contribution < -0.4 is 4.74 Å². The maximum atomic E-state index is 13.1. The fourth-order valence-electron chi connectivity index (χ4n) is 2.51. The Labute approximate surface area is 130 Å². The minimum Gasteiger partial charge on any atom is -0.479 e. The number of carbonyl (C=O) groups excluding carboxylic acids is 1. The minimum absolute atomic E-state index is 0.0218. The zero-order valence-corrected chi connectivity index (χ0v) is 13.5. The van der Waals surface area contributed by atoms with E-state index in [9.17, 15) is 9.18 Å². The molecule has 2 heterocycles. The van der Waals surface area contributed by atoms with Gasteiger partial charge >= 0.3 is 6.04 Å². The first-order valence-electron chi connectivity index (χ1n) is 7.87. The number of fused-ring (bicyclic) bond motifs is 1. The Kier molecular flexibility index (Phi) is 5.52. The summed E-state index contributed by atoms with van der Waals surface area (Å²) < 4.78 is 20.7. The van der Waals surface area contributed by atoms with Crippen LogP contribution in [-0.2, 0) is 0 Å². The van der Waals surface area contributed by atoms with E-state index >= 15 is 0 Å². The van der Waals surface area contributed by atoms with Crippen molar-refractivity contribution >= 4 is 11.7 Å². The monoisotopic (exact) mass is 306 g/mol. The molecule has 0 fully saturated rings. The molecule has 0 aliphatic carbocycles. The largest absolute Gasteiger partial charge is 0.479 e. The van der Waals surface area contributed by atoms with Crippen LogP contribution in [0.1, 0.15) is 60.8 Å². The van der Waals surface area contributed by atoms with Crippen LogP contribution in [0.3, 0.4) is 0 Å². The summed E-state index contributed by atoms with van der Waals surface area (Å²) in [6.07, 6.45) is 5.80. The van der Waals surface area contributed by atoms with Gasteiger partial charge in [0.05, 0.1) is 17.9 Å². The molecule has 0 unspecified atom stereocenters. The molecule has 0 aromatic carbocycles. The molecule has 0 amide bonds. The lowest BCUT2D eigenvalue weighted by molar-refractivity contribution is 0.0837. The highest BCUT2D eigenvalue weighted by molar-refractivity contribution is 5.95. The van der Waals surface area contributed by atoms with Crippen LogP contribution in [0.5, 0.6) is 5.88 Å². The van der Waals surface area contributed by atoms with Gasteiger partial charge in [-0.25, -0.2) is 4.98 Å². The lowest BCUT2D eigenvalue weighted by atomic mass is 10.2. The molecule has 2 aromatic heterocycles. The van der Waals surface area contributed by atoms with Crippen LogP contribution in [-0.4, -0.2) is 22.0 Å². The molecule has 2 aromatic rings. The summed E-state index contributed by atoms with van der Waals surface area (Å²) >= 11 is 0. The second-order valence-corrected chi connectivity index (χ2v) is 5.56. The van der Waals surface area contributed by atoms with Gasteiger partial charge in [0.1, 0.15) is 0 Å². The SMILES string of the molecule is CCCCCCCOc1ccc(C(=O)F)c2nc(C)c(C)n12. The first-order valence-corrected chi connectivity index (χ1v) is 7.87. The topological polar surface area (TPSA) is 43.6 Å². The molecule has 0 spiro atoms.